The van der Waals surface area contributed by atoms with E-state index in [0.717, 1.165) is 38.6 Å². The Hall–Kier alpha value is -6.43. The van der Waals surface area contributed by atoms with Crippen LogP contribution in [-0.4, -0.2) is 23.0 Å². The van der Waals surface area contributed by atoms with Crippen LogP contribution in [-0.2, 0) is 0 Å². The quantitative estimate of drug-likeness (QED) is 0.128. The van der Waals surface area contributed by atoms with Crippen molar-refractivity contribution in [2.75, 3.05) is 0 Å². The largest absolute Gasteiger partial charge is 0.456 e. The van der Waals surface area contributed by atoms with Gasteiger partial charge in [0.1, 0.15) is 11.2 Å². The molecule has 9 rings (SSSR count). The zero-order valence-electron chi connectivity index (χ0n) is 27.1. The van der Waals surface area contributed by atoms with Gasteiger partial charge in [0, 0.05) is 27.5 Å². The SMILES string of the molecule is c1ccc(-c2nc(-c3ccccc3)nc(-c3cc([Si](c4ccccc4)(c4ccccc4)c4ccccc4)c4c(c3)oc3ccccc34)n2)cc1. The molecule has 0 radical (unpaired) electrons. The normalized spacial score (nSPS) is 11.6. The molecule has 0 N–H and O–H groups in total. The molecule has 0 aliphatic carbocycles. The molecule has 9 aromatic rings. The Morgan fingerprint density at radius 2 is 0.760 bits per heavy atom. The highest BCUT2D eigenvalue weighted by Gasteiger charge is 2.43. The molecule has 0 saturated heterocycles. The van der Waals surface area contributed by atoms with Gasteiger partial charge in [-0.3, -0.25) is 0 Å². The number of para-hydroxylation sites is 1. The van der Waals surface area contributed by atoms with Crippen LogP contribution in [0.15, 0.2) is 192 Å². The first-order chi connectivity index (χ1) is 24.8. The van der Waals surface area contributed by atoms with E-state index in [1.165, 1.54) is 20.7 Å². The van der Waals surface area contributed by atoms with Crippen LogP contribution in [0.1, 0.15) is 0 Å². The van der Waals surface area contributed by atoms with Crippen LogP contribution in [0.25, 0.3) is 56.1 Å². The van der Waals surface area contributed by atoms with Crippen LogP contribution in [0.3, 0.4) is 0 Å². The molecule has 0 spiro atoms. The van der Waals surface area contributed by atoms with Crippen molar-refractivity contribution in [2.24, 2.45) is 0 Å². The predicted molar refractivity (Wildman–Crippen MR) is 207 cm³/mol. The van der Waals surface area contributed by atoms with Crippen molar-refractivity contribution in [1.29, 1.82) is 0 Å². The molecule has 0 bridgehead atoms. The van der Waals surface area contributed by atoms with Crippen molar-refractivity contribution in [3.05, 3.63) is 188 Å². The fraction of sp³-hybridized carbons (Fsp3) is 0. The van der Waals surface area contributed by atoms with Gasteiger partial charge in [-0.05, 0) is 38.9 Å². The third kappa shape index (κ3) is 5.03. The van der Waals surface area contributed by atoms with E-state index in [2.05, 4.69) is 121 Å². The van der Waals surface area contributed by atoms with Crippen molar-refractivity contribution in [1.82, 2.24) is 15.0 Å². The zero-order chi connectivity index (χ0) is 33.3. The second-order valence-electron chi connectivity index (χ2n) is 12.4. The second-order valence-corrected chi connectivity index (χ2v) is 16.2. The Balaban J connectivity index is 1.43. The van der Waals surface area contributed by atoms with Crippen molar-refractivity contribution in [3.63, 3.8) is 0 Å². The Morgan fingerprint density at radius 1 is 0.360 bits per heavy atom. The molecule has 0 amide bonds. The molecule has 0 atom stereocenters. The van der Waals surface area contributed by atoms with Crippen molar-refractivity contribution in [2.45, 2.75) is 0 Å². The van der Waals surface area contributed by atoms with Gasteiger partial charge in [-0.2, -0.15) is 0 Å². The fourth-order valence-electron chi connectivity index (χ4n) is 7.25. The maximum Gasteiger partial charge on any atom is 0.180 e. The molecule has 7 aromatic carbocycles. The number of fused-ring (bicyclic) bond motifs is 3. The summed E-state index contributed by atoms with van der Waals surface area (Å²) in [5.74, 6) is 1.84. The molecule has 50 heavy (non-hydrogen) atoms. The average molecular weight is 658 g/mol. The van der Waals surface area contributed by atoms with Crippen molar-refractivity contribution >= 4 is 50.8 Å². The summed E-state index contributed by atoms with van der Waals surface area (Å²) in [5.41, 5.74) is 4.40. The molecule has 0 aliphatic rings. The van der Waals surface area contributed by atoms with Crippen molar-refractivity contribution < 1.29 is 4.42 Å². The smallest absolute Gasteiger partial charge is 0.180 e. The number of benzene rings is 7. The fourth-order valence-corrected chi connectivity index (χ4v) is 12.3. The minimum atomic E-state index is -3.00. The van der Waals surface area contributed by atoms with E-state index < -0.39 is 8.07 Å². The summed E-state index contributed by atoms with van der Waals surface area (Å²) in [7, 11) is -3.00. The molecule has 0 fully saturated rings. The van der Waals surface area contributed by atoms with E-state index in [0.29, 0.717) is 17.5 Å². The monoisotopic (exact) mass is 657 g/mol. The molecule has 0 saturated carbocycles. The third-order valence-electron chi connectivity index (χ3n) is 9.46. The van der Waals surface area contributed by atoms with Gasteiger partial charge >= 0.3 is 0 Å². The van der Waals surface area contributed by atoms with Gasteiger partial charge in [-0.25, -0.2) is 15.0 Å². The van der Waals surface area contributed by atoms with Gasteiger partial charge in [0.2, 0.25) is 0 Å². The molecule has 2 heterocycles. The molecular weight excluding hydrogens is 627 g/mol. The first-order valence-corrected chi connectivity index (χ1v) is 18.8. The lowest BCUT2D eigenvalue weighted by molar-refractivity contribution is 0.669. The lowest BCUT2D eigenvalue weighted by Crippen LogP contribution is -2.74. The number of hydrogen-bond donors (Lipinski definition) is 0. The molecular formula is C45H31N3OSi. The van der Waals surface area contributed by atoms with Crippen LogP contribution >= 0.6 is 0 Å². The second kappa shape index (κ2) is 12.5. The summed E-state index contributed by atoms with van der Waals surface area (Å²) in [6.45, 7) is 0. The van der Waals surface area contributed by atoms with Crippen LogP contribution in [0.2, 0.25) is 0 Å². The van der Waals surface area contributed by atoms with Crippen LogP contribution in [0, 0.1) is 0 Å². The molecule has 2 aromatic heterocycles. The predicted octanol–water partition coefficient (Wildman–Crippen LogP) is 8.15. The standard InChI is InChI=1S/C45H31N3OSi/c1-6-18-32(19-7-1)43-46-44(33-20-8-2-9-21-33)48-45(47-43)34-30-40-42(38-28-16-17-29-39(38)49-40)41(31-34)50(35-22-10-3-11-23-35,36-24-12-4-13-25-36)37-26-14-5-15-27-37/h1-31H. The van der Waals surface area contributed by atoms with Gasteiger partial charge in [-0.15, -0.1) is 0 Å². The first kappa shape index (κ1) is 29.7. The molecule has 5 heteroatoms. The van der Waals surface area contributed by atoms with Crippen LogP contribution in [0.5, 0.6) is 0 Å². The zero-order valence-corrected chi connectivity index (χ0v) is 28.1. The summed E-state index contributed by atoms with van der Waals surface area (Å²) >= 11 is 0. The summed E-state index contributed by atoms with van der Waals surface area (Å²) in [6, 6.07) is 66.0. The highest BCUT2D eigenvalue weighted by molar-refractivity contribution is 7.20. The average Bonchev–Trinajstić information content (AvgIpc) is 3.59. The Labute approximate surface area is 291 Å². The number of aromatic nitrogens is 3. The van der Waals surface area contributed by atoms with Gasteiger partial charge in [0.15, 0.2) is 25.5 Å². The maximum absolute atomic E-state index is 6.74. The number of rotatable bonds is 7. The summed E-state index contributed by atoms with van der Waals surface area (Å²) in [6.07, 6.45) is 0. The molecule has 0 unspecified atom stereocenters. The number of nitrogens with zero attached hydrogens (tertiary/aromatic N) is 3. The molecule has 236 valence electrons. The Kier molecular flexibility index (Phi) is 7.45. The van der Waals surface area contributed by atoms with E-state index in [4.69, 9.17) is 19.4 Å². The maximum atomic E-state index is 6.74. The minimum Gasteiger partial charge on any atom is -0.456 e. The van der Waals surface area contributed by atoms with Gasteiger partial charge in [-0.1, -0.05) is 170 Å². The summed E-state index contributed by atoms with van der Waals surface area (Å²) in [4.78, 5) is 15.3. The van der Waals surface area contributed by atoms with Gasteiger partial charge < -0.3 is 4.42 Å². The highest BCUT2D eigenvalue weighted by atomic mass is 28.3. The third-order valence-corrected chi connectivity index (χ3v) is 14.3. The van der Waals surface area contributed by atoms with Gasteiger partial charge in [0.25, 0.3) is 0 Å². The summed E-state index contributed by atoms with van der Waals surface area (Å²) in [5, 5.41) is 7.29. The topological polar surface area (TPSA) is 51.8 Å². The minimum absolute atomic E-state index is 0.596. The summed E-state index contributed by atoms with van der Waals surface area (Å²) < 4.78 is 6.74. The van der Waals surface area contributed by atoms with Crippen LogP contribution < -0.4 is 20.7 Å². The number of hydrogen-bond acceptors (Lipinski definition) is 4. The Morgan fingerprint density at radius 3 is 1.24 bits per heavy atom. The molecule has 0 aliphatic heterocycles. The van der Waals surface area contributed by atoms with E-state index in [-0.39, 0.29) is 0 Å². The Bertz CT molecular complexity index is 2420. The van der Waals surface area contributed by atoms with Gasteiger partial charge in [0.05, 0.1) is 0 Å². The van der Waals surface area contributed by atoms with E-state index in [1.807, 2.05) is 66.7 Å². The molecule has 4 nitrogen and oxygen atoms in total. The van der Waals surface area contributed by atoms with Crippen molar-refractivity contribution in [3.8, 4) is 34.2 Å². The lowest BCUT2D eigenvalue weighted by atomic mass is 10.1. The first-order valence-electron chi connectivity index (χ1n) is 16.8. The highest BCUT2D eigenvalue weighted by Crippen LogP contribution is 2.33. The van der Waals surface area contributed by atoms with E-state index in [1.54, 1.807) is 0 Å². The van der Waals surface area contributed by atoms with E-state index in [9.17, 15) is 0 Å². The lowest BCUT2D eigenvalue weighted by Gasteiger charge is -2.35. The van der Waals surface area contributed by atoms with E-state index >= 15 is 0 Å². The number of furan rings is 1. The van der Waals surface area contributed by atoms with Crippen LogP contribution in [0.4, 0.5) is 0 Å².